The Balaban J connectivity index is 1.69. The van der Waals surface area contributed by atoms with E-state index in [1.807, 2.05) is 62.5 Å². The number of fused-ring (bicyclic) bond motifs is 1. The fourth-order valence-electron chi connectivity index (χ4n) is 3.67. The Bertz CT molecular complexity index is 1180. The van der Waals surface area contributed by atoms with Crippen LogP contribution in [0.4, 0.5) is 5.82 Å². The third-order valence-corrected chi connectivity index (χ3v) is 6.51. The minimum Gasteiger partial charge on any atom is -0.494 e. The highest BCUT2D eigenvalue weighted by atomic mass is 35.5. The van der Waals surface area contributed by atoms with Gasteiger partial charge in [0.1, 0.15) is 11.6 Å². The molecule has 8 heteroatoms. The zero-order valence-electron chi connectivity index (χ0n) is 17.2. The Morgan fingerprint density at radius 3 is 2.74 bits per heavy atom. The lowest BCUT2D eigenvalue weighted by Crippen LogP contribution is -2.33. The lowest BCUT2D eigenvalue weighted by atomic mass is 9.86. The molecule has 1 aliphatic rings. The molecule has 0 spiro atoms. The van der Waals surface area contributed by atoms with E-state index in [-0.39, 0.29) is 23.8 Å². The third-order valence-electron chi connectivity index (χ3n) is 5.15. The molecule has 1 atom stereocenters. The number of carbonyl (C=O) groups is 1. The fourth-order valence-corrected chi connectivity index (χ4v) is 4.71. The molecule has 1 N–H and O–H groups in total. The number of benzene rings is 2. The summed E-state index contributed by atoms with van der Waals surface area (Å²) in [4.78, 5) is 29.9. The Labute approximate surface area is 189 Å². The maximum absolute atomic E-state index is 13.1. The van der Waals surface area contributed by atoms with E-state index in [9.17, 15) is 9.59 Å². The molecule has 0 aliphatic carbocycles. The lowest BCUT2D eigenvalue weighted by molar-refractivity contribution is -0.116. The first-order valence-corrected chi connectivity index (χ1v) is 11.3. The van der Waals surface area contributed by atoms with Gasteiger partial charge >= 0.3 is 0 Å². The van der Waals surface area contributed by atoms with E-state index < -0.39 is 0 Å². The molecule has 160 valence electrons. The number of amides is 1. The summed E-state index contributed by atoms with van der Waals surface area (Å²) < 4.78 is 7.38. The predicted octanol–water partition coefficient (Wildman–Crippen LogP) is 4.60. The Morgan fingerprint density at radius 2 is 2.00 bits per heavy atom. The minimum absolute atomic E-state index is 0.130. The molecule has 1 amide bonds. The summed E-state index contributed by atoms with van der Waals surface area (Å²) in [5.74, 6) is 1.35. The largest absolute Gasteiger partial charge is 0.494 e. The van der Waals surface area contributed by atoms with Crippen LogP contribution in [-0.4, -0.2) is 22.1 Å². The van der Waals surface area contributed by atoms with Crippen LogP contribution in [0.3, 0.4) is 0 Å². The van der Waals surface area contributed by atoms with Crippen molar-refractivity contribution in [1.82, 2.24) is 9.55 Å². The van der Waals surface area contributed by atoms with Crippen molar-refractivity contribution in [3.8, 4) is 5.75 Å². The van der Waals surface area contributed by atoms with E-state index in [1.165, 1.54) is 11.8 Å². The topological polar surface area (TPSA) is 73.2 Å². The van der Waals surface area contributed by atoms with Gasteiger partial charge in [0.15, 0.2) is 5.16 Å². The molecule has 31 heavy (non-hydrogen) atoms. The standard InChI is InChI=1S/C23H22ClN3O3S/c1-3-30-17-6-4-5-15(11-17)18-12-19(28)25-21-20(18)22(29)26-23(27(21)2)31-13-14-7-9-16(24)10-8-14/h4-11,18H,3,12-13H2,1-2H3,(H,25,28)/t18-/m0/s1. The van der Waals surface area contributed by atoms with Crippen molar-refractivity contribution in [3.63, 3.8) is 0 Å². The van der Waals surface area contributed by atoms with Gasteiger partial charge in [0.25, 0.3) is 5.56 Å². The van der Waals surface area contributed by atoms with Crippen molar-refractivity contribution in [2.45, 2.75) is 30.2 Å². The molecule has 0 saturated carbocycles. The Hall–Kier alpha value is -2.77. The number of hydrogen-bond donors (Lipinski definition) is 1. The minimum atomic E-state index is -0.370. The zero-order valence-corrected chi connectivity index (χ0v) is 18.8. The number of thioether (sulfide) groups is 1. The van der Waals surface area contributed by atoms with E-state index >= 15 is 0 Å². The van der Waals surface area contributed by atoms with Crippen LogP contribution in [0.2, 0.25) is 5.02 Å². The molecule has 3 aromatic rings. The SMILES string of the molecule is CCOc1cccc([C@@H]2CC(=O)Nc3c2c(=O)nc(SCc2ccc(Cl)cc2)n3C)c1. The summed E-state index contributed by atoms with van der Waals surface area (Å²) in [6.45, 7) is 2.46. The number of nitrogens with one attached hydrogen (secondary N) is 1. The summed E-state index contributed by atoms with van der Waals surface area (Å²) in [5.41, 5.74) is 2.11. The van der Waals surface area contributed by atoms with Crippen LogP contribution in [-0.2, 0) is 17.6 Å². The van der Waals surface area contributed by atoms with E-state index in [1.54, 1.807) is 4.57 Å². The monoisotopic (exact) mass is 455 g/mol. The van der Waals surface area contributed by atoms with E-state index in [0.717, 1.165) is 11.1 Å². The van der Waals surface area contributed by atoms with Crippen molar-refractivity contribution in [2.24, 2.45) is 7.05 Å². The van der Waals surface area contributed by atoms with Crippen molar-refractivity contribution >= 4 is 35.1 Å². The first-order chi connectivity index (χ1) is 15.0. The molecule has 2 aromatic carbocycles. The van der Waals surface area contributed by atoms with Crippen LogP contribution in [0.15, 0.2) is 58.5 Å². The van der Waals surface area contributed by atoms with E-state index in [2.05, 4.69) is 10.3 Å². The van der Waals surface area contributed by atoms with Crippen molar-refractivity contribution in [3.05, 3.63) is 80.6 Å². The molecule has 6 nitrogen and oxygen atoms in total. The number of hydrogen-bond acceptors (Lipinski definition) is 5. The van der Waals surface area contributed by atoms with Crippen LogP contribution in [0.1, 0.15) is 36.0 Å². The Morgan fingerprint density at radius 1 is 1.23 bits per heavy atom. The third kappa shape index (κ3) is 4.62. The van der Waals surface area contributed by atoms with Gasteiger partial charge in [-0.05, 0) is 42.3 Å². The molecule has 0 radical (unpaired) electrons. The molecule has 0 fully saturated rings. The number of rotatable bonds is 6. The smallest absolute Gasteiger partial charge is 0.279 e. The normalized spacial score (nSPS) is 15.3. The summed E-state index contributed by atoms with van der Waals surface area (Å²) in [7, 11) is 1.81. The van der Waals surface area contributed by atoms with Gasteiger partial charge in [-0.2, -0.15) is 4.98 Å². The van der Waals surface area contributed by atoms with E-state index in [4.69, 9.17) is 16.3 Å². The predicted molar refractivity (Wildman–Crippen MR) is 123 cm³/mol. The average molecular weight is 456 g/mol. The van der Waals surface area contributed by atoms with Gasteiger partial charge in [-0.3, -0.25) is 9.59 Å². The highest BCUT2D eigenvalue weighted by molar-refractivity contribution is 7.98. The molecule has 1 aliphatic heterocycles. The second kappa shape index (κ2) is 9.16. The van der Waals surface area contributed by atoms with Crippen LogP contribution in [0, 0.1) is 0 Å². The highest BCUT2D eigenvalue weighted by Crippen LogP contribution is 2.37. The number of anilines is 1. The molecule has 4 rings (SSSR count). The van der Waals surface area contributed by atoms with Gasteiger partial charge in [0.05, 0.1) is 12.2 Å². The van der Waals surface area contributed by atoms with Crippen LogP contribution in [0.5, 0.6) is 5.75 Å². The van der Waals surface area contributed by atoms with Crippen LogP contribution >= 0.6 is 23.4 Å². The zero-order chi connectivity index (χ0) is 22.0. The van der Waals surface area contributed by atoms with Crippen LogP contribution < -0.4 is 15.6 Å². The summed E-state index contributed by atoms with van der Waals surface area (Å²) in [6, 6.07) is 15.1. The number of halogens is 1. The van der Waals surface area contributed by atoms with E-state index in [0.29, 0.717) is 39.7 Å². The van der Waals surface area contributed by atoms with Gasteiger partial charge in [-0.15, -0.1) is 0 Å². The number of carbonyl (C=O) groups excluding carboxylic acids is 1. The number of ether oxygens (including phenoxy) is 1. The quantitative estimate of drug-likeness (QED) is 0.434. The fraction of sp³-hybridized carbons (Fsp3) is 0.261. The van der Waals surface area contributed by atoms with Crippen molar-refractivity contribution in [2.75, 3.05) is 11.9 Å². The first-order valence-electron chi connectivity index (χ1n) is 9.97. The first kappa shape index (κ1) is 21.5. The van der Waals surface area contributed by atoms with Gasteiger partial charge in [-0.1, -0.05) is 47.6 Å². The summed E-state index contributed by atoms with van der Waals surface area (Å²) in [5, 5.41) is 4.10. The number of nitrogens with zero attached hydrogens (tertiary/aromatic N) is 2. The maximum Gasteiger partial charge on any atom is 0.279 e. The molecule has 2 heterocycles. The molecule has 1 aromatic heterocycles. The molecule has 0 saturated heterocycles. The highest BCUT2D eigenvalue weighted by Gasteiger charge is 2.32. The van der Waals surface area contributed by atoms with Gasteiger partial charge in [-0.25, -0.2) is 0 Å². The molecular formula is C23H22ClN3O3S. The van der Waals surface area contributed by atoms with Gasteiger partial charge in [0, 0.05) is 30.2 Å². The van der Waals surface area contributed by atoms with Crippen LogP contribution in [0.25, 0.3) is 0 Å². The second-order valence-corrected chi connectivity index (χ2v) is 8.63. The molecular weight excluding hydrogens is 434 g/mol. The van der Waals surface area contributed by atoms with Gasteiger partial charge < -0.3 is 14.6 Å². The van der Waals surface area contributed by atoms with Crippen molar-refractivity contribution < 1.29 is 9.53 Å². The number of aromatic nitrogens is 2. The summed E-state index contributed by atoms with van der Waals surface area (Å²) in [6.07, 6.45) is 0.191. The maximum atomic E-state index is 13.1. The molecule has 0 unspecified atom stereocenters. The second-order valence-electron chi connectivity index (χ2n) is 7.25. The lowest BCUT2D eigenvalue weighted by Gasteiger charge is -2.27. The Kier molecular flexibility index (Phi) is 6.34. The van der Waals surface area contributed by atoms with Gasteiger partial charge in [0.2, 0.25) is 5.91 Å². The molecule has 0 bridgehead atoms. The summed E-state index contributed by atoms with van der Waals surface area (Å²) >= 11 is 7.38. The average Bonchev–Trinajstić information content (AvgIpc) is 2.76. The van der Waals surface area contributed by atoms with Crippen molar-refractivity contribution in [1.29, 1.82) is 0 Å².